The Morgan fingerprint density at radius 3 is 2.45 bits per heavy atom. The first-order valence-corrected chi connectivity index (χ1v) is 10.1. The molecule has 2 aromatic carbocycles. The molecule has 1 fully saturated rings. The van der Waals surface area contributed by atoms with Gasteiger partial charge in [0.2, 0.25) is 11.8 Å². The molecule has 29 heavy (non-hydrogen) atoms. The largest absolute Gasteiger partial charge is 0.481 e. The molecule has 0 aliphatic heterocycles. The van der Waals surface area contributed by atoms with E-state index in [1.165, 1.54) is 0 Å². The minimum atomic E-state index is -0.814. The van der Waals surface area contributed by atoms with Crippen LogP contribution in [0.5, 0.6) is 0 Å². The summed E-state index contributed by atoms with van der Waals surface area (Å²) in [6, 6.07) is 13.1. The Labute approximate surface area is 170 Å². The molecule has 1 saturated carbocycles. The molecule has 0 bridgehead atoms. The standard InChI is InChI=1S/C23H28N2O4/c1-14(2)21(22(27)24-19-10-9-18(13-19)23(28)29)25-20(26)12-15-7-8-16-5-3-4-6-17(16)11-15/h3-8,11,14,18-19,21H,9-10,12-13H2,1-2H3,(H,24,27)(H,25,26)(H,28,29)/t18-,19+,21?/m0/s1. The summed E-state index contributed by atoms with van der Waals surface area (Å²) in [7, 11) is 0. The van der Waals surface area contributed by atoms with Crippen molar-refractivity contribution in [3.05, 3.63) is 48.0 Å². The number of rotatable bonds is 7. The van der Waals surface area contributed by atoms with E-state index in [1.807, 2.05) is 56.3 Å². The van der Waals surface area contributed by atoms with Gasteiger partial charge in [0.15, 0.2) is 0 Å². The van der Waals surface area contributed by atoms with Gasteiger partial charge in [-0.25, -0.2) is 0 Å². The Balaban J connectivity index is 1.59. The average Bonchev–Trinajstić information content (AvgIpc) is 3.14. The van der Waals surface area contributed by atoms with Crippen LogP contribution in [0.2, 0.25) is 0 Å². The van der Waals surface area contributed by atoms with Gasteiger partial charge in [0.05, 0.1) is 12.3 Å². The van der Waals surface area contributed by atoms with Gasteiger partial charge in [0.1, 0.15) is 6.04 Å². The zero-order valence-corrected chi connectivity index (χ0v) is 16.9. The van der Waals surface area contributed by atoms with Crippen molar-refractivity contribution in [1.29, 1.82) is 0 Å². The van der Waals surface area contributed by atoms with Crippen molar-refractivity contribution in [2.75, 3.05) is 0 Å². The van der Waals surface area contributed by atoms with Crippen molar-refractivity contribution in [3.63, 3.8) is 0 Å². The highest BCUT2D eigenvalue weighted by molar-refractivity contribution is 5.90. The minimum absolute atomic E-state index is 0.0766. The lowest BCUT2D eigenvalue weighted by atomic mass is 10.0. The molecule has 0 heterocycles. The van der Waals surface area contributed by atoms with Gasteiger partial charge in [-0.1, -0.05) is 56.3 Å². The first-order valence-electron chi connectivity index (χ1n) is 10.1. The summed E-state index contributed by atoms with van der Waals surface area (Å²) in [6.07, 6.45) is 1.86. The van der Waals surface area contributed by atoms with Gasteiger partial charge in [-0.05, 0) is 41.5 Å². The lowest BCUT2D eigenvalue weighted by Gasteiger charge is -2.24. The SMILES string of the molecule is CC(C)C(NC(=O)Cc1ccc2ccccc2c1)C(=O)N[C@@H]1CC[C@H](C(=O)O)C1. The van der Waals surface area contributed by atoms with Crippen LogP contribution < -0.4 is 10.6 Å². The zero-order valence-electron chi connectivity index (χ0n) is 16.9. The topological polar surface area (TPSA) is 95.5 Å². The lowest BCUT2D eigenvalue weighted by Crippen LogP contribution is -2.52. The Kier molecular flexibility index (Phi) is 6.52. The molecule has 3 rings (SSSR count). The zero-order chi connectivity index (χ0) is 21.0. The molecule has 0 spiro atoms. The molecule has 1 unspecified atom stereocenters. The number of fused-ring (bicyclic) bond motifs is 1. The van der Waals surface area contributed by atoms with Crippen LogP contribution in [0.3, 0.4) is 0 Å². The van der Waals surface area contributed by atoms with Crippen molar-refractivity contribution in [2.24, 2.45) is 11.8 Å². The van der Waals surface area contributed by atoms with E-state index in [4.69, 9.17) is 5.11 Å². The smallest absolute Gasteiger partial charge is 0.306 e. The fourth-order valence-electron chi connectivity index (χ4n) is 3.92. The molecule has 2 aromatic rings. The number of carboxylic acid groups (broad SMARTS) is 1. The van der Waals surface area contributed by atoms with Crippen LogP contribution in [-0.2, 0) is 20.8 Å². The van der Waals surface area contributed by atoms with E-state index in [-0.39, 0.29) is 30.2 Å². The Bertz CT molecular complexity index is 909. The molecule has 154 valence electrons. The van der Waals surface area contributed by atoms with Gasteiger partial charge >= 0.3 is 5.97 Å². The number of carbonyl (C=O) groups excluding carboxylic acids is 2. The second-order valence-electron chi connectivity index (χ2n) is 8.20. The van der Waals surface area contributed by atoms with Crippen LogP contribution in [0.15, 0.2) is 42.5 Å². The summed E-state index contributed by atoms with van der Waals surface area (Å²) >= 11 is 0. The molecule has 6 nitrogen and oxygen atoms in total. The second-order valence-corrected chi connectivity index (χ2v) is 8.20. The first-order chi connectivity index (χ1) is 13.8. The molecule has 0 aromatic heterocycles. The van der Waals surface area contributed by atoms with Crippen molar-refractivity contribution >= 4 is 28.6 Å². The van der Waals surface area contributed by atoms with Crippen molar-refractivity contribution in [2.45, 2.75) is 51.6 Å². The van der Waals surface area contributed by atoms with Crippen LogP contribution in [-0.4, -0.2) is 35.0 Å². The van der Waals surface area contributed by atoms with Gasteiger partial charge in [0, 0.05) is 6.04 Å². The molecule has 0 radical (unpaired) electrons. The summed E-state index contributed by atoms with van der Waals surface area (Å²) < 4.78 is 0. The number of carboxylic acids is 1. The fraction of sp³-hybridized carbons (Fsp3) is 0.435. The molecule has 1 aliphatic carbocycles. The maximum atomic E-state index is 12.7. The van der Waals surface area contributed by atoms with Crippen molar-refractivity contribution in [1.82, 2.24) is 10.6 Å². The van der Waals surface area contributed by atoms with Crippen LogP contribution in [0.4, 0.5) is 0 Å². The van der Waals surface area contributed by atoms with E-state index in [9.17, 15) is 14.4 Å². The molecule has 3 atom stereocenters. The van der Waals surface area contributed by atoms with E-state index < -0.39 is 17.9 Å². The maximum absolute atomic E-state index is 12.7. The number of hydrogen-bond donors (Lipinski definition) is 3. The minimum Gasteiger partial charge on any atom is -0.481 e. The molecule has 2 amide bonds. The summed E-state index contributed by atoms with van der Waals surface area (Å²) in [4.78, 5) is 36.4. The monoisotopic (exact) mass is 396 g/mol. The van der Waals surface area contributed by atoms with Crippen LogP contribution in [0, 0.1) is 11.8 Å². The van der Waals surface area contributed by atoms with Crippen molar-refractivity contribution < 1.29 is 19.5 Å². The summed E-state index contributed by atoms with van der Waals surface area (Å²) in [6.45, 7) is 3.77. The number of nitrogens with one attached hydrogen (secondary N) is 2. The van der Waals surface area contributed by atoms with Crippen LogP contribution in [0.25, 0.3) is 10.8 Å². The van der Waals surface area contributed by atoms with Gasteiger partial charge < -0.3 is 15.7 Å². The predicted octanol–water partition coefficient (Wildman–Crippen LogP) is 2.89. The normalized spacial score (nSPS) is 19.8. The third kappa shape index (κ3) is 5.34. The number of aliphatic carboxylic acids is 1. The number of hydrogen-bond acceptors (Lipinski definition) is 3. The van der Waals surface area contributed by atoms with Gasteiger partial charge in [-0.2, -0.15) is 0 Å². The third-order valence-electron chi connectivity index (χ3n) is 5.57. The third-order valence-corrected chi connectivity index (χ3v) is 5.57. The summed E-state index contributed by atoms with van der Waals surface area (Å²) in [5.74, 6) is -1.75. The Morgan fingerprint density at radius 2 is 1.79 bits per heavy atom. The molecule has 1 aliphatic rings. The average molecular weight is 396 g/mol. The van der Waals surface area contributed by atoms with Gasteiger partial charge in [-0.15, -0.1) is 0 Å². The van der Waals surface area contributed by atoms with Crippen LogP contribution in [0.1, 0.15) is 38.7 Å². The first kappa shape index (κ1) is 20.8. The molecule has 3 N–H and O–H groups in total. The summed E-state index contributed by atoms with van der Waals surface area (Å²) in [5, 5.41) is 17.1. The molecular weight excluding hydrogens is 368 g/mol. The highest BCUT2D eigenvalue weighted by Gasteiger charge is 2.33. The Morgan fingerprint density at radius 1 is 1.07 bits per heavy atom. The fourth-order valence-corrected chi connectivity index (χ4v) is 3.92. The van der Waals surface area contributed by atoms with E-state index in [0.717, 1.165) is 16.3 Å². The highest BCUT2D eigenvalue weighted by atomic mass is 16.4. The predicted molar refractivity (Wildman–Crippen MR) is 111 cm³/mol. The molecular formula is C23H28N2O4. The maximum Gasteiger partial charge on any atom is 0.306 e. The van der Waals surface area contributed by atoms with E-state index in [2.05, 4.69) is 10.6 Å². The number of benzene rings is 2. The Hall–Kier alpha value is -2.89. The van der Waals surface area contributed by atoms with Crippen molar-refractivity contribution in [3.8, 4) is 0 Å². The van der Waals surface area contributed by atoms with E-state index in [1.54, 1.807) is 0 Å². The van der Waals surface area contributed by atoms with E-state index >= 15 is 0 Å². The van der Waals surface area contributed by atoms with Crippen LogP contribution >= 0.6 is 0 Å². The van der Waals surface area contributed by atoms with Gasteiger partial charge in [-0.3, -0.25) is 14.4 Å². The highest BCUT2D eigenvalue weighted by Crippen LogP contribution is 2.26. The number of carbonyl (C=O) groups is 3. The second kappa shape index (κ2) is 9.07. The quantitative estimate of drug-likeness (QED) is 0.671. The lowest BCUT2D eigenvalue weighted by molar-refractivity contribution is -0.141. The number of amides is 2. The molecule has 0 saturated heterocycles. The molecule has 6 heteroatoms. The van der Waals surface area contributed by atoms with Gasteiger partial charge in [0.25, 0.3) is 0 Å². The van der Waals surface area contributed by atoms with E-state index in [0.29, 0.717) is 19.3 Å². The summed E-state index contributed by atoms with van der Waals surface area (Å²) in [5.41, 5.74) is 0.893.